The van der Waals surface area contributed by atoms with Crippen LogP contribution >= 0.6 is 0 Å². The molecular formula is C15H22N2O3. The van der Waals surface area contributed by atoms with Gasteiger partial charge in [0.05, 0.1) is 19.3 Å². The Bertz CT molecular complexity index is 474. The zero-order valence-electron chi connectivity index (χ0n) is 11.9. The van der Waals surface area contributed by atoms with E-state index in [0.717, 1.165) is 0 Å². The summed E-state index contributed by atoms with van der Waals surface area (Å²) in [6.07, 6.45) is 2.16. The quantitative estimate of drug-likeness (QED) is 0.658. The highest BCUT2D eigenvalue weighted by Crippen LogP contribution is 2.25. The molecule has 1 rings (SSSR count). The van der Waals surface area contributed by atoms with Gasteiger partial charge in [-0.15, -0.1) is 6.58 Å². The lowest BCUT2D eigenvalue weighted by Gasteiger charge is -2.21. The van der Waals surface area contributed by atoms with Gasteiger partial charge in [0.2, 0.25) is 0 Å². The molecule has 4 N–H and O–H groups in total. The minimum Gasteiger partial charge on any atom is -0.497 e. The number of nitrogens with one attached hydrogen (secondary N) is 1. The molecule has 1 amide bonds. The molecule has 0 aliphatic heterocycles. The van der Waals surface area contributed by atoms with E-state index in [0.29, 0.717) is 29.7 Å². The fourth-order valence-electron chi connectivity index (χ4n) is 1.96. The first-order valence-corrected chi connectivity index (χ1v) is 6.49. The van der Waals surface area contributed by atoms with E-state index in [1.54, 1.807) is 31.3 Å². The maximum absolute atomic E-state index is 11.9. The summed E-state index contributed by atoms with van der Waals surface area (Å²) in [4.78, 5) is 11.9. The highest BCUT2D eigenvalue weighted by molar-refractivity contribution is 5.96. The number of aliphatic hydroxyl groups excluding tert-OH is 1. The predicted molar refractivity (Wildman–Crippen MR) is 78.8 cm³/mol. The molecule has 0 bridgehead atoms. The molecule has 20 heavy (non-hydrogen) atoms. The molecule has 0 aromatic heterocycles. The smallest absolute Gasteiger partial charge is 0.251 e. The van der Waals surface area contributed by atoms with E-state index >= 15 is 0 Å². The monoisotopic (exact) mass is 278 g/mol. The Balaban J connectivity index is 3.08. The molecule has 5 nitrogen and oxygen atoms in total. The van der Waals surface area contributed by atoms with E-state index in [1.165, 1.54) is 7.11 Å². The number of nitrogens with two attached hydrogens (primary N) is 1. The number of carbonyl (C=O) groups is 1. The van der Waals surface area contributed by atoms with Crippen LogP contribution in [0.5, 0.6) is 5.75 Å². The Labute approximate surface area is 119 Å². The standard InChI is InChI=1S/C15H22N2O3/c1-4-5-6-13(18)14(16)11-8-7-10(20-3)9-12(11)15(19)17-2/h4,7-9,13-14,18H,1,5-6,16H2,2-3H3,(H,17,19). The number of ether oxygens (including phenoxy) is 1. The molecule has 0 heterocycles. The van der Waals surface area contributed by atoms with Crippen LogP contribution in [0.15, 0.2) is 30.9 Å². The Morgan fingerprint density at radius 1 is 1.60 bits per heavy atom. The number of hydrogen-bond acceptors (Lipinski definition) is 4. The molecule has 0 aliphatic carbocycles. The van der Waals surface area contributed by atoms with Gasteiger partial charge in [0.1, 0.15) is 5.75 Å². The van der Waals surface area contributed by atoms with Crippen molar-refractivity contribution in [2.24, 2.45) is 5.73 Å². The van der Waals surface area contributed by atoms with Crippen LogP contribution in [0, 0.1) is 0 Å². The van der Waals surface area contributed by atoms with Crippen LogP contribution < -0.4 is 15.8 Å². The zero-order chi connectivity index (χ0) is 15.1. The van der Waals surface area contributed by atoms with Crippen LogP contribution in [-0.2, 0) is 0 Å². The molecule has 2 atom stereocenters. The van der Waals surface area contributed by atoms with Crippen molar-refractivity contribution >= 4 is 5.91 Å². The molecular weight excluding hydrogens is 256 g/mol. The van der Waals surface area contributed by atoms with Gasteiger partial charge in [-0.1, -0.05) is 12.1 Å². The van der Waals surface area contributed by atoms with Crippen molar-refractivity contribution in [3.63, 3.8) is 0 Å². The van der Waals surface area contributed by atoms with Gasteiger partial charge in [0.25, 0.3) is 5.91 Å². The van der Waals surface area contributed by atoms with Crippen LogP contribution in [-0.4, -0.2) is 31.3 Å². The van der Waals surface area contributed by atoms with Gasteiger partial charge in [-0.2, -0.15) is 0 Å². The second-order valence-electron chi connectivity index (χ2n) is 4.49. The summed E-state index contributed by atoms with van der Waals surface area (Å²) in [7, 11) is 3.08. The molecule has 0 aliphatic rings. The third-order valence-corrected chi connectivity index (χ3v) is 3.17. The third kappa shape index (κ3) is 3.82. The van der Waals surface area contributed by atoms with Crippen molar-refractivity contribution < 1.29 is 14.6 Å². The Morgan fingerprint density at radius 2 is 2.30 bits per heavy atom. The second kappa shape index (κ2) is 7.67. The molecule has 2 unspecified atom stereocenters. The van der Waals surface area contributed by atoms with E-state index in [2.05, 4.69) is 11.9 Å². The number of benzene rings is 1. The predicted octanol–water partition coefficient (Wildman–Crippen LogP) is 1.38. The minimum atomic E-state index is -0.732. The van der Waals surface area contributed by atoms with Crippen molar-refractivity contribution in [3.8, 4) is 5.75 Å². The Hall–Kier alpha value is -1.85. The van der Waals surface area contributed by atoms with Gasteiger partial charge >= 0.3 is 0 Å². The molecule has 110 valence electrons. The fraction of sp³-hybridized carbons (Fsp3) is 0.400. The van der Waals surface area contributed by atoms with Gasteiger partial charge in [-0.3, -0.25) is 4.79 Å². The summed E-state index contributed by atoms with van der Waals surface area (Å²) in [5.74, 6) is 0.311. The number of hydrogen-bond donors (Lipinski definition) is 3. The average molecular weight is 278 g/mol. The summed E-state index contributed by atoms with van der Waals surface area (Å²) >= 11 is 0. The number of rotatable bonds is 7. The highest BCUT2D eigenvalue weighted by atomic mass is 16.5. The summed E-state index contributed by atoms with van der Waals surface area (Å²) in [5, 5.41) is 12.6. The van der Waals surface area contributed by atoms with Crippen LogP contribution in [0.4, 0.5) is 0 Å². The molecule has 0 saturated carbocycles. The molecule has 0 fully saturated rings. The normalized spacial score (nSPS) is 13.4. The summed E-state index contributed by atoms with van der Waals surface area (Å²) in [5.41, 5.74) is 7.07. The van der Waals surface area contributed by atoms with Crippen molar-refractivity contribution in [2.75, 3.05) is 14.2 Å². The lowest BCUT2D eigenvalue weighted by Crippen LogP contribution is -2.29. The van der Waals surface area contributed by atoms with Crippen molar-refractivity contribution in [3.05, 3.63) is 42.0 Å². The number of amides is 1. The SMILES string of the molecule is C=CCCC(O)C(N)c1ccc(OC)cc1C(=O)NC. The largest absolute Gasteiger partial charge is 0.497 e. The second-order valence-corrected chi connectivity index (χ2v) is 4.49. The van der Waals surface area contributed by atoms with Gasteiger partial charge in [-0.05, 0) is 30.5 Å². The van der Waals surface area contributed by atoms with Crippen LogP contribution in [0.1, 0.15) is 34.8 Å². The van der Waals surface area contributed by atoms with E-state index in [4.69, 9.17) is 10.5 Å². The van der Waals surface area contributed by atoms with E-state index in [-0.39, 0.29) is 5.91 Å². The van der Waals surface area contributed by atoms with Gasteiger partial charge in [0.15, 0.2) is 0 Å². The molecule has 1 aromatic rings. The summed E-state index contributed by atoms with van der Waals surface area (Å²) in [6, 6.07) is 4.43. The number of methoxy groups -OCH3 is 1. The first kappa shape index (κ1) is 16.2. The molecule has 0 saturated heterocycles. The molecule has 5 heteroatoms. The summed E-state index contributed by atoms with van der Waals surface area (Å²) in [6.45, 7) is 3.61. The van der Waals surface area contributed by atoms with Gasteiger partial charge in [-0.25, -0.2) is 0 Å². The molecule has 0 radical (unpaired) electrons. The molecule has 1 aromatic carbocycles. The number of aliphatic hydroxyl groups is 1. The topological polar surface area (TPSA) is 84.6 Å². The fourth-order valence-corrected chi connectivity index (χ4v) is 1.96. The van der Waals surface area contributed by atoms with Crippen molar-refractivity contribution in [1.82, 2.24) is 5.32 Å². The minimum absolute atomic E-state index is 0.259. The number of allylic oxidation sites excluding steroid dienone is 1. The van der Waals surface area contributed by atoms with Crippen LogP contribution in [0.2, 0.25) is 0 Å². The maximum atomic E-state index is 11.9. The highest BCUT2D eigenvalue weighted by Gasteiger charge is 2.22. The third-order valence-electron chi connectivity index (χ3n) is 3.17. The van der Waals surface area contributed by atoms with Gasteiger partial charge < -0.3 is 20.9 Å². The Morgan fingerprint density at radius 3 is 2.85 bits per heavy atom. The van der Waals surface area contributed by atoms with Crippen LogP contribution in [0.25, 0.3) is 0 Å². The van der Waals surface area contributed by atoms with Crippen molar-refractivity contribution in [2.45, 2.75) is 25.0 Å². The Kier molecular flexibility index (Phi) is 6.21. The maximum Gasteiger partial charge on any atom is 0.251 e. The molecule has 0 spiro atoms. The number of carbonyl (C=O) groups excluding carboxylic acids is 1. The van der Waals surface area contributed by atoms with E-state index in [1.807, 2.05) is 0 Å². The first-order chi connectivity index (χ1) is 9.54. The van der Waals surface area contributed by atoms with E-state index in [9.17, 15) is 9.90 Å². The van der Waals surface area contributed by atoms with Crippen LogP contribution in [0.3, 0.4) is 0 Å². The first-order valence-electron chi connectivity index (χ1n) is 6.49. The zero-order valence-corrected chi connectivity index (χ0v) is 11.9. The van der Waals surface area contributed by atoms with E-state index < -0.39 is 12.1 Å². The summed E-state index contributed by atoms with van der Waals surface area (Å²) < 4.78 is 5.11. The van der Waals surface area contributed by atoms with Gasteiger partial charge in [0, 0.05) is 12.6 Å². The lowest BCUT2D eigenvalue weighted by molar-refractivity contribution is 0.0957. The average Bonchev–Trinajstić information content (AvgIpc) is 2.50. The lowest BCUT2D eigenvalue weighted by atomic mass is 9.94. The van der Waals surface area contributed by atoms with Crippen molar-refractivity contribution in [1.29, 1.82) is 0 Å².